The number of halogens is 1. The molecule has 134 valence electrons. The van der Waals surface area contributed by atoms with E-state index in [9.17, 15) is 9.59 Å². The number of morpholine rings is 1. The summed E-state index contributed by atoms with van der Waals surface area (Å²) in [7, 11) is 0. The first-order chi connectivity index (χ1) is 12.6. The summed E-state index contributed by atoms with van der Waals surface area (Å²) < 4.78 is 6.49. The van der Waals surface area contributed by atoms with Crippen LogP contribution in [0.25, 0.3) is 4.96 Å². The van der Waals surface area contributed by atoms with Crippen LogP contribution >= 0.6 is 22.9 Å². The van der Waals surface area contributed by atoms with Gasteiger partial charge in [0.1, 0.15) is 5.56 Å². The largest absolute Gasteiger partial charge is 0.378 e. The van der Waals surface area contributed by atoms with Gasteiger partial charge in [-0.3, -0.25) is 9.59 Å². The van der Waals surface area contributed by atoms with Gasteiger partial charge in [0.15, 0.2) is 0 Å². The van der Waals surface area contributed by atoms with Crippen molar-refractivity contribution in [2.75, 3.05) is 36.5 Å². The van der Waals surface area contributed by atoms with Crippen molar-refractivity contribution in [2.45, 2.75) is 0 Å². The summed E-state index contributed by atoms with van der Waals surface area (Å²) in [5.41, 5.74) is -0.0918. The van der Waals surface area contributed by atoms with E-state index in [-0.39, 0.29) is 5.56 Å². The zero-order valence-corrected chi connectivity index (χ0v) is 15.1. The fourth-order valence-corrected chi connectivity index (χ4v) is 3.68. The summed E-state index contributed by atoms with van der Waals surface area (Å²) in [6, 6.07) is 6.69. The summed E-state index contributed by atoms with van der Waals surface area (Å²) in [5, 5.41) is 8.15. The number of nitrogens with one attached hydrogen (secondary N) is 1. The molecule has 8 nitrogen and oxygen atoms in total. The molecule has 0 spiro atoms. The van der Waals surface area contributed by atoms with E-state index in [0.717, 1.165) is 0 Å². The molecule has 3 aromatic rings. The molecule has 0 aliphatic carbocycles. The minimum Gasteiger partial charge on any atom is -0.378 e. The van der Waals surface area contributed by atoms with E-state index in [2.05, 4.69) is 15.4 Å². The zero-order valence-electron chi connectivity index (χ0n) is 13.5. The van der Waals surface area contributed by atoms with Gasteiger partial charge < -0.3 is 15.0 Å². The Morgan fingerprint density at radius 3 is 2.88 bits per heavy atom. The highest BCUT2D eigenvalue weighted by Gasteiger charge is 2.20. The zero-order chi connectivity index (χ0) is 18.1. The van der Waals surface area contributed by atoms with Gasteiger partial charge in [-0.05, 0) is 18.2 Å². The van der Waals surface area contributed by atoms with Crippen molar-refractivity contribution in [1.82, 2.24) is 14.6 Å². The predicted octanol–water partition coefficient (Wildman–Crippen LogP) is 1.89. The first-order valence-corrected chi connectivity index (χ1v) is 9.10. The molecule has 1 aromatic carbocycles. The van der Waals surface area contributed by atoms with Gasteiger partial charge in [-0.25, -0.2) is 4.98 Å². The van der Waals surface area contributed by atoms with Gasteiger partial charge in [0.05, 0.1) is 13.2 Å². The highest BCUT2D eigenvalue weighted by atomic mass is 35.5. The molecular formula is C16H14ClN5O3S. The summed E-state index contributed by atoms with van der Waals surface area (Å²) in [5.74, 6) is -0.555. The molecule has 3 heterocycles. The number of amides is 1. The lowest BCUT2D eigenvalue weighted by Crippen LogP contribution is -2.36. The van der Waals surface area contributed by atoms with Crippen LogP contribution in [0.3, 0.4) is 0 Å². The van der Waals surface area contributed by atoms with Crippen molar-refractivity contribution >= 4 is 44.6 Å². The molecule has 4 rings (SSSR count). The standard InChI is InChI=1S/C16H14ClN5O3S/c17-10-2-1-3-11(8-10)19-13(23)12-9-18-15-22(14(12)24)20-16(26-15)21-4-6-25-7-5-21/h1-3,8-9H,4-7H2,(H,19,23). The smallest absolute Gasteiger partial charge is 0.288 e. The van der Waals surface area contributed by atoms with Gasteiger partial charge in [0, 0.05) is 30.0 Å². The third kappa shape index (κ3) is 3.28. The monoisotopic (exact) mass is 391 g/mol. The van der Waals surface area contributed by atoms with Crippen LogP contribution < -0.4 is 15.8 Å². The maximum absolute atomic E-state index is 12.7. The normalized spacial score (nSPS) is 14.6. The predicted molar refractivity (Wildman–Crippen MR) is 99.6 cm³/mol. The van der Waals surface area contributed by atoms with E-state index in [0.29, 0.717) is 47.1 Å². The van der Waals surface area contributed by atoms with Crippen LogP contribution in [0.15, 0.2) is 35.3 Å². The number of hydrogen-bond donors (Lipinski definition) is 1. The van der Waals surface area contributed by atoms with E-state index in [1.807, 2.05) is 4.90 Å². The highest BCUT2D eigenvalue weighted by molar-refractivity contribution is 7.20. The van der Waals surface area contributed by atoms with Gasteiger partial charge >= 0.3 is 0 Å². The van der Waals surface area contributed by atoms with Crippen LogP contribution in [0.2, 0.25) is 5.02 Å². The molecule has 10 heteroatoms. The lowest BCUT2D eigenvalue weighted by Gasteiger charge is -2.25. The van der Waals surface area contributed by atoms with Gasteiger partial charge in [0.25, 0.3) is 11.5 Å². The number of benzene rings is 1. The SMILES string of the molecule is O=C(Nc1cccc(Cl)c1)c1cnc2sc(N3CCOCC3)nn2c1=O. The summed E-state index contributed by atoms with van der Waals surface area (Å²) in [6.45, 7) is 2.64. The maximum atomic E-state index is 12.7. The Morgan fingerprint density at radius 2 is 2.12 bits per heavy atom. The van der Waals surface area contributed by atoms with E-state index in [4.69, 9.17) is 16.3 Å². The second-order valence-electron chi connectivity index (χ2n) is 5.62. The molecule has 0 radical (unpaired) electrons. The number of carbonyl (C=O) groups excluding carboxylic acids is 1. The Kier molecular flexibility index (Phi) is 4.58. The van der Waals surface area contributed by atoms with Gasteiger partial charge in [-0.15, -0.1) is 5.10 Å². The second-order valence-corrected chi connectivity index (χ2v) is 6.99. The van der Waals surface area contributed by atoms with E-state index in [1.54, 1.807) is 24.3 Å². The molecule has 1 fully saturated rings. The molecule has 1 aliphatic heterocycles. The molecule has 0 atom stereocenters. The molecule has 1 saturated heterocycles. The van der Waals surface area contributed by atoms with E-state index >= 15 is 0 Å². The number of hydrogen-bond acceptors (Lipinski definition) is 7. The Hall–Kier alpha value is -2.49. The Bertz CT molecular complexity index is 1030. The number of nitrogens with zero attached hydrogens (tertiary/aromatic N) is 4. The first-order valence-electron chi connectivity index (χ1n) is 7.90. The fraction of sp³-hybridized carbons (Fsp3) is 0.250. The molecular weight excluding hydrogens is 378 g/mol. The summed E-state index contributed by atoms with van der Waals surface area (Å²) in [4.78, 5) is 31.8. The minimum atomic E-state index is -0.555. The minimum absolute atomic E-state index is 0.0821. The van der Waals surface area contributed by atoms with Crippen molar-refractivity contribution < 1.29 is 9.53 Å². The van der Waals surface area contributed by atoms with Crippen molar-refractivity contribution in [3.8, 4) is 0 Å². The van der Waals surface area contributed by atoms with Gasteiger partial charge in [-0.2, -0.15) is 4.52 Å². The van der Waals surface area contributed by atoms with Crippen LogP contribution in [0, 0.1) is 0 Å². The molecule has 0 saturated carbocycles. The molecule has 0 unspecified atom stereocenters. The summed E-state index contributed by atoms with van der Waals surface area (Å²) in [6.07, 6.45) is 1.28. The van der Waals surface area contributed by atoms with Crippen LogP contribution in [0.4, 0.5) is 10.8 Å². The highest BCUT2D eigenvalue weighted by Crippen LogP contribution is 2.22. The number of aromatic nitrogens is 3. The number of rotatable bonds is 3. The van der Waals surface area contributed by atoms with Crippen LogP contribution in [0.1, 0.15) is 10.4 Å². The second kappa shape index (κ2) is 7.02. The molecule has 0 bridgehead atoms. The Balaban J connectivity index is 1.64. The topological polar surface area (TPSA) is 88.8 Å². The number of carbonyl (C=O) groups is 1. The number of anilines is 2. The molecule has 26 heavy (non-hydrogen) atoms. The van der Waals surface area contributed by atoms with Crippen LogP contribution in [-0.4, -0.2) is 46.8 Å². The van der Waals surface area contributed by atoms with Crippen molar-refractivity contribution in [2.24, 2.45) is 0 Å². The lowest BCUT2D eigenvalue weighted by molar-refractivity contribution is 0.102. The van der Waals surface area contributed by atoms with E-state index in [1.165, 1.54) is 22.0 Å². The molecule has 1 amide bonds. The van der Waals surface area contributed by atoms with E-state index < -0.39 is 11.5 Å². The first kappa shape index (κ1) is 17.0. The fourth-order valence-electron chi connectivity index (χ4n) is 2.58. The summed E-state index contributed by atoms with van der Waals surface area (Å²) >= 11 is 7.21. The molecule has 1 N–H and O–H groups in total. The van der Waals surface area contributed by atoms with Crippen molar-refractivity contribution in [3.05, 3.63) is 51.4 Å². The molecule has 2 aromatic heterocycles. The van der Waals surface area contributed by atoms with Crippen LogP contribution in [0.5, 0.6) is 0 Å². The Morgan fingerprint density at radius 1 is 1.31 bits per heavy atom. The number of fused-ring (bicyclic) bond motifs is 1. The number of ether oxygens (including phenoxy) is 1. The van der Waals surface area contributed by atoms with Gasteiger partial charge in [0.2, 0.25) is 10.1 Å². The van der Waals surface area contributed by atoms with Gasteiger partial charge in [-0.1, -0.05) is 29.0 Å². The quantitative estimate of drug-likeness (QED) is 0.733. The molecule has 1 aliphatic rings. The average Bonchev–Trinajstić information content (AvgIpc) is 3.08. The third-order valence-corrected chi connectivity index (χ3v) is 5.10. The van der Waals surface area contributed by atoms with Crippen molar-refractivity contribution in [3.63, 3.8) is 0 Å². The maximum Gasteiger partial charge on any atom is 0.288 e. The third-order valence-electron chi connectivity index (χ3n) is 3.88. The lowest BCUT2D eigenvalue weighted by atomic mass is 10.2. The average molecular weight is 392 g/mol. The Labute approximate surface area is 157 Å². The van der Waals surface area contributed by atoms with Crippen molar-refractivity contribution in [1.29, 1.82) is 0 Å². The van der Waals surface area contributed by atoms with Crippen LogP contribution in [-0.2, 0) is 4.74 Å².